The van der Waals surface area contributed by atoms with Crippen molar-refractivity contribution in [1.82, 2.24) is 19.7 Å². The van der Waals surface area contributed by atoms with Crippen LogP contribution in [0.2, 0.25) is 0 Å². The van der Waals surface area contributed by atoms with Crippen molar-refractivity contribution in [2.24, 2.45) is 0 Å². The molecule has 0 bridgehead atoms. The predicted octanol–water partition coefficient (Wildman–Crippen LogP) is 2.94. The fourth-order valence-corrected chi connectivity index (χ4v) is 3.94. The quantitative estimate of drug-likeness (QED) is 0.719. The lowest BCUT2D eigenvalue weighted by Crippen LogP contribution is -2.45. The first kappa shape index (κ1) is 20.3. The Hall–Kier alpha value is -2.02. The molecule has 0 saturated carbocycles. The van der Waals surface area contributed by atoms with Crippen molar-refractivity contribution in [2.75, 3.05) is 0 Å². The van der Waals surface area contributed by atoms with Gasteiger partial charge in [0.1, 0.15) is 0 Å². The molecule has 1 amide bonds. The number of nitrogens with one attached hydrogen (secondary N) is 1. The van der Waals surface area contributed by atoms with E-state index in [1.807, 2.05) is 69.9 Å². The Morgan fingerprint density at radius 3 is 2.35 bits per heavy atom. The molecule has 1 aromatic carbocycles. The summed E-state index contributed by atoms with van der Waals surface area (Å²) in [5, 5.41) is 6.86. The van der Waals surface area contributed by atoms with E-state index in [-0.39, 0.29) is 28.9 Å². The van der Waals surface area contributed by atoms with Crippen molar-refractivity contribution < 1.29 is 4.79 Å². The van der Waals surface area contributed by atoms with Gasteiger partial charge in [-0.15, -0.1) is 5.10 Å². The third-order valence-corrected chi connectivity index (χ3v) is 5.26. The van der Waals surface area contributed by atoms with E-state index in [0.717, 1.165) is 12.0 Å². The second-order valence-electron chi connectivity index (χ2n) is 6.89. The van der Waals surface area contributed by atoms with Gasteiger partial charge < -0.3 is 4.90 Å². The zero-order chi connectivity index (χ0) is 19.3. The summed E-state index contributed by atoms with van der Waals surface area (Å²) in [4.78, 5) is 26.8. The van der Waals surface area contributed by atoms with Crippen LogP contribution < -0.4 is 5.69 Å². The molecule has 0 saturated heterocycles. The maximum Gasteiger partial charge on any atom is 0.343 e. The number of hydrogen-bond donors (Lipinski definition) is 1. The number of aryl methyl sites for hydroxylation is 1. The number of amides is 1. The van der Waals surface area contributed by atoms with E-state index in [4.69, 9.17) is 0 Å². The van der Waals surface area contributed by atoms with Gasteiger partial charge in [-0.05, 0) is 46.6 Å². The molecular formula is C19H28N4O2S. The second-order valence-corrected chi connectivity index (χ2v) is 8.20. The second kappa shape index (κ2) is 9.07. The molecule has 0 fully saturated rings. The molecule has 0 aliphatic carbocycles. The maximum atomic E-state index is 12.8. The predicted molar refractivity (Wildman–Crippen MR) is 105 cm³/mol. The summed E-state index contributed by atoms with van der Waals surface area (Å²) in [7, 11) is 0. The van der Waals surface area contributed by atoms with E-state index < -0.39 is 0 Å². The molecule has 7 heteroatoms. The van der Waals surface area contributed by atoms with Gasteiger partial charge >= 0.3 is 5.69 Å². The average Bonchev–Trinajstić information content (AvgIpc) is 2.93. The number of rotatable bonds is 8. The molecule has 1 aromatic heterocycles. The number of H-pyrrole nitrogens is 1. The van der Waals surface area contributed by atoms with Crippen LogP contribution in [0.3, 0.4) is 0 Å². The standard InChI is InChI=1S/C19H28N4O2S/c1-13(2)23(14(3)4)17(24)15(5)26-19-21-20-18(25)22(19)12-11-16-9-7-6-8-10-16/h6-10,13-15H,11-12H2,1-5H3,(H,20,25). The van der Waals surface area contributed by atoms with Crippen molar-refractivity contribution in [2.45, 2.75) is 70.1 Å². The fraction of sp³-hybridized carbons (Fsp3) is 0.526. The van der Waals surface area contributed by atoms with E-state index >= 15 is 0 Å². The molecular weight excluding hydrogens is 348 g/mol. The fourth-order valence-electron chi connectivity index (χ4n) is 3.00. The van der Waals surface area contributed by atoms with Gasteiger partial charge in [0.2, 0.25) is 5.91 Å². The van der Waals surface area contributed by atoms with Gasteiger partial charge in [0.05, 0.1) is 5.25 Å². The summed E-state index contributed by atoms with van der Waals surface area (Å²) in [6.45, 7) is 10.4. The first-order chi connectivity index (χ1) is 12.3. The molecule has 0 aliphatic heterocycles. The van der Waals surface area contributed by atoms with E-state index in [2.05, 4.69) is 10.2 Å². The van der Waals surface area contributed by atoms with Crippen LogP contribution >= 0.6 is 11.8 Å². The van der Waals surface area contributed by atoms with Crippen LogP contribution in [-0.4, -0.2) is 42.9 Å². The van der Waals surface area contributed by atoms with Crippen LogP contribution in [-0.2, 0) is 17.8 Å². The zero-order valence-corrected chi connectivity index (χ0v) is 16.9. The minimum Gasteiger partial charge on any atom is -0.337 e. The number of benzene rings is 1. The zero-order valence-electron chi connectivity index (χ0n) is 16.1. The van der Waals surface area contributed by atoms with Crippen molar-refractivity contribution in [1.29, 1.82) is 0 Å². The Balaban J connectivity index is 2.10. The minimum absolute atomic E-state index is 0.0602. The monoisotopic (exact) mass is 376 g/mol. The topological polar surface area (TPSA) is 71.0 Å². The first-order valence-corrected chi connectivity index (χ1v) is 9.87. The lowest BCUT2D eigenvalue weighted by atomic mass is 10.1. The minimum atomic E-state index is -0.314. The summed E-state index contributed by atoms with van der Waals surface area (Å²) in [6.07, 6.45) is 0.736. The Bertz CT molecular complexity index is 759. The highest BCUT2D eigenvalue weighted by Gasteiger charge is 2.27. The van der Waals surface area contributed by atoms with Crippen LogP contribution in [0.4, 0.5) is 0 Å². The van der Waals surface area contributed by atoms with Gasteiger partial charge in [-0.25, -0.2) is 9.89 Å². The lowest BCUT2D eigenvalue weighted by molar-refractivity contribution is -0.133. The van der Waals surface area contributed by atoms with E-state index in [0.29, 0.717) is 11.7 Å². The van der Waals surface area contributed by atoms with Crippen LogP contribution in [0.15, 0.2) is 40.3 Å². The number of thioether (sulfide) groups is 1. The Morgan fingerprint density at radius 1 is 1.15 bits per heavy atom. The van der Waals surface area contributed by atoms with Crippen molar-refractivity contribution in [3.05, 3.63) is 46.4 Å². The molecule has 1 heterocycles. The largest absolute Gasteiger partial charge is 0.343 e. The Kier molecular flexibility index (Phi) is 7.08. The van der Waals surface area contributed by atoms with E-state index in [9.17, 15) is 9.59 Å². The van der Waals surface area contributed by atoms with Crippen molar-refractivity contribution in [3.63, 3.8) is 0 Å². The normalized spacial score (nSPS) is 12.6. The van der Waals surface area contributed by atoms with Gasteiger partial charge in [-0.2, -0.15) is 0 Å². The lowest BCUT2D eigenvalue weighted by Gasteiger charge is -2.32. The third-order valence-electron chi connectivity index (χ3n) is 4.19. The van der Waals surface area contributed by atoms with Crippen molar-refractivity contribution in [3.8, 4) is 0 Å². The number of carbonyl (C=O) groups excluding carboxylic acids is 1. The number of aromatic nitrogens is 3. The maximum absolute atomic E-state index is 12.8. The van der Waals surface area contributed by atoms with Crippen LogP contribution in [0.1, 0.15) is 40.2 Å². The van der Waals surface area contributed by atoms with E-state index in [1.54, 1.807) is 4.57 Å². The number of hydrogen-bond acceptors (Lipinski definition) is 4. The molecule has 2 aromatic rings. The van der Waals surface area contributed by atoms with Gasteiger partial charge in [-0.3, -0.25) is 9.36 Å². The summed E-state index contributed by atoms with van der Waals surface area (Å²) < 4.78 is 1.61. The smallest absolute Gasteiger partial charge is 0.337 e. The summed E-state index contributed by atoms with van der Waals surface area (Å²) in [5.74, 6) is 0.0602. The van der Waals surface area contributed by atoms with Gasteiger partial charge in [-0.1, -0.05) is 42.1 Å². The molecule has 1 unspecified atom stereocenters. The molecule has 0 radical (unpaired) electrons. The first-order valence-electron chi connectivity index (χ1n) is 8.99. The average molecular weight is 377 g/mol. The van der Waals surface area contributed by atoms with Crippen molar-refractivity contribution >= 4 is 17.7 Å². The SMILES string of the molecule is CC(Sc1n[nH]c(=O)n1CCc1ccccc1)C(=O)N(C(C)C)C(C)C. The Labute approximate surface area is 159 Å². The summed E-state index contributed by atoms with van der Waals surface area (Å²) in [5.41, 5.74) is 0.916. The summed E-state index contributed by atoms with van der Waals surface area (Å²) in [6, 6.07) is 10.3. The molecule has 26 heavy (non-hydrogen) atoms. The van der Waals surface area contributed by atoms with Gasteiger partial charge in [0, 0.05) is 18.6 Å². The highest BCUT2D eigenvalue weighted by atomic mass is 32.2. The molecule has 0 spiro atoms. The van der Waals surface area contributed by atoms with Crippen LogP contribution in [0.5, 0.6) is 0 Å². The highest BCUT2D eigenvalue weighted by molar-refractivity contribution is 8.00. The number of nitrogens with zero attached hydrogens (tertiary/aromatic N) is 3. The molecule has 2 rings (SSSR count). The number of carbonyl (C=O) groups is 1. The van der Waals surface area contributed by atoms with Crippen LogP contribution in [0, 0.1) is 0 Å². The van der Waals surface area contributed by atoms with Crippen LogP contribution in [0.25, 0.3) is 0 Å². The highest BCUT2D eigenvalue weighted by Crippen LogP contribution is 2.23. The number of aromatic amines is 1. The molecule has 142 valence electrons. The van der Waals surface area contributed by atoms with Gasteiger partial charge in [0.15, 0.2) is 5.16 Å². The van der Waals surface area contributed by atoms with E-state index in [1.165, 1.54) is 11.8 Å². The third kappa shape index (κ3) is 5.00. The summed E-state index contributed by atoms with van der Waals surface area (Å²) >= 11 is 1.33. The Morgan fingerprint density at radius 2 is 1.77 bits per heavy atom. The molecule has 1 atom stereocenters. The molecule has 6 nitrogen and oxygen atoms in total. The molecule has 0 aliphatic rings. The molecule has 1 N–H and O–H groups in total. The van der Waals surface area contributed by atoms with Gasteiger partial charge in [0.25, 0.3) is 0 Å².